The van der Waals surface area contributed by atoms with E-state index in [0.29, 0.717) is 18.7 Å². The van der Waals surface area contributed by atoms with Gasteiger partial charge in [-0.3, -0.25) is 9.59 Å². The maximum Gasteiger partial charge on any atom is 0.311 e. The average Bonchev–Trinajstić information content (AvgIpc) is 3.37. The van der Waals surface area contributed by atoms with Gasteiger partial charge in [-0.25, -0.2) is 9.07 Å². The molecule has 1 aliphatic heterocycles. The first-order valence-electron chi connectivity index (χ1n) is 9.73. The molecular formula is C21H24FN3O3. The van der Waals surface area contributed by atoms with Crippen LogP contribution in [0.1, 0.15) is 48.4 Å². The highest BCUT2D eigenvalue weighted by Gasteiger charge is 2.49. The molecule has 1 amide bonds. The Bertz CT molecular complexity index is 935. The summed E-state index contributed by atoms with van der Waals surface area (Å²) in [7, 11) is 0. The largest absolute Gasteiger partial charge is 0.481 e. The van der Waals surface area contributed by atoms with Crippen molar-refractivity contribution in [3.63, 3.8) is 0 Å². The van der Waals surface area contributed by atoms with Gasteiger partial charge in [0, 0.05) is 24.3 Å². The zero-order chi connectivity index (χ0) is 20.1. The molecule has 1 unspecified atom stereocenters. The molecule has 0 saturated carbocycles. The number of amides is 1. The van der Waals surface area contributed by atoms with E-state index >= 15 is 0 Å². The third-order valence-corrected chi connectivity index (χ3v) is 6.32. The summed E-state index contributed by atoms with van der Waals surface area (Å²) >= 11 is 0. The van der Waals surface area contributed by atoms with Gasteiger partial charge in [0.2, 0.25) is 0 Å². The zero-order valence-electron chi connectivity index (χ0n) is 16.1. The Morgan fingerprint density at radius 2 is 1.93 bits per heavy atom. The molecule has 6 nitrogen and oxygen atoms in total. The summed E-state index contributed by atoms with van der Waals surface area (Å²) in [6.45, 7) is 4.41. The van der Waals surface area contributed by atoms with Crippen molar-refractivity contribution < 1.29 is 19.1 Å². The Labute approximate surface area is 163 Å². The molecule has 2 heterocycles. The number of hydrogen-bond donors (Lipinski definition) is 1. The summed E-state index contributed by atoms with van der Waals surface area (Å²) in [4.78, 5) is 26.7. The number of benzene rings is 1. The van der Waals surface area contributed by atoms with Crippen LogP contribution in [0, 0.1) is 17.2 Å². The van der Waals surface area contributed by atoms with Crippen LogP contribution >= 0.6 is 0 Å². The van der Waals surface area contributed by atoms with Crippen molar-refractivity contribution >= 4 is 11.9 Å². The molecule has 2 aromatic rings. The van der Waals surface area contributed by atoms with Crippen LogP contribution in [0.4, 0.5) is 4.39 Å². The fraction of sp³-hybridized carbons (Fsp3) is 0.476. The fourth-order valence-electron chi connectivity index (χ4n) is 4.45. The Hall–Kier alpha value is -2.70. The van der Waals surface area contributed by atoms with Crippen LogP contribution in [0.5, 0.6) is 0 Å². The van der Waals surface area contributed by atoms with E-state index < -0.39 is 11.4 Å². The molecular weight excluding hydrogens is 361 g/mol. The maximum absolute atomic E-state index is 13.3. The van der Waals surface area contributed by atoms with Gasteiger partial charge in [0.1, 0.15) is 5.82 Å². The number of carboxylic acids is 1. The molecule has 148 valence electrons. The van der Waals surface area contributed by atoms with Crippen LogP contribution in [0.3, 0.4) is 0 Å². The van der Waals surface area contributed by atoms with Crippen molar-refractivity contribution in [1.29, 1.82) is 0 Å². The first-order valence-corrected chi connectivity index (χ1v) is 9.73. The van der Waals surface area contributed by atoms with Gasteiger partial charge in [-0.2, -0.15) is 5.10 Å². The van der Waals surface area contributed by atoms with Crippen molar-refractivity contribution in [3.05, 3.63) is 47.0 Å². The van der Waals surface area contributed by atoms with Gasteiger partial charge < -0.3 is 10.0 Å². The Morgan fingerprint density at radius 1 is 1.21 bits per heavy atom. The van der Waals surface area contributed by atoms with E-state index in [4.69, 9.17) is 0 Å². The third kappa shape index (κ3) is 2.80. The lowest BCUT2D eigenvalue weighted by Crippen LogP contribution is -2.40. The normalized spacial score (nSPS) is 21.4. The highest BCUT2D eigenvalue weighted by molar-refractivity contribution is 5.95. The molecule has 1 aromatic heterocycles. The van der Waals surface area contributed by atoms with Gasteiger partial charge >= 0.3 is 5.97 Å². The molecule has 2 aliphatic rings. The Morgan fingerprint density at radius 3 is 2.54 bits per heavy atom. The number of fused-ring (bicyclic) bond motifs is 1. The van der Waals surface area contributed by atoms with Gasteiger partial charge in [-0.15, -0.1) is 0 Å². The number of halogens is 1. The van der Waals surface area contributed by atoms with Gasteiger partial charge in [0.25, 0.3) is 5.91 Å². The lowest BCUT2D eigenvalue weighted by atomic mass is 9.76. The number of hydrogen-bond acceptors (Lipinski definition) is 3. The smallest absolute Gasteiger partial charge is 0.311 e. The first-order chi connectivity index (χ1) is 13.3. The molecule has 1 aliphatic carbocycles. The van der Waals surface area contributed by atoms with E-state index in [1.165, 1.54) is 12.1 Å². The lowest BCUT2D eigenvalue weighted by Gasteiger charge is -2.28. The highest BCUT2D eigenvalue weighted by Crippen LogP contribution is 2.39. The second kappa shape index (κ2) is 6.72. The quantitative estimate of drug-likeness (QED) is 0.878. The molecule has 1 aromatic carbocycles. The van der Waals surface area contributed by atoms with Gasteiger partial charge in [0.05, 0.1) is 11.1 Å². The predicted molar refractivity (Wildman–Crippen MR) is 101 cm³/mol. The molecule has 28 heavy (non-hydrogen) atoms. The van der Waals surface area contributed by atoms with Crippen LogP contribution in [0.15, 0.2) is 24.3 Å². The van der Waals surface area contributed by atoms with Crippen molar-refractivity contribution in [2.45, 2.75) is 39.5 Å². The topological polar surface area (TPSA) is 75.4 Å². The molecule has 1 atom stereocenters. The summed E-state index contributed by atoms with van der Waals surface area (Å²) in [5.41, 5.74) is 2.15. The second-order valence-electron chi connectivity index (χ2n) is 8.11. The summed E-state index contributed by atoms with van der Waals surface area (Å²) in [5.74, 6) is -1.44. The molecule has 0 bridgehead atoms. The summed E-state index contributed by atoms with van der Waals surface area (Å²) in [6, 6.07) is 6.06. The number of likely N-dealkylation sites (tertiary alicyclic amines) is 1. The Balaban J connectivity index is 1.67. The standard InChI is InChI=1S/C21H24FN3O3/c1-13(2)21(20(27)28)10-11-24(12-21)19(26)18-16-4-3-5-17(16)25(23-18)15-8-6-14(22)7-9-15/h6-9,13H,3-5,10-12H2,1-2H3,(H,27,28). The van der Waals surface area contributed by atoms with Crippen molar-refractivity contribution in [1.82, 2.24) is 14.7 Å². The number of nitrogens with zero attached hydrogens (tertiary/aromatic N) is 3. The van der Waals surface area contributed by atoms with Crippen LogP contribution < -0.4 is 0 Å². The van der Waals surface area contributed by atoms with Crippen LogP contribution in [-0.2, 0) is 17.6 Å². The predicted octanol–water partition coefficient (Wildman–Crippen LogP) is 3.07. The zero-order valence-corrected chi connectivity index (χ0v) is 16.1. The average molecular weight is 385 g/mol. The number of rotatable bonds is 4. The number of carbonyl (C=O) groups excluding carboxylic acids is 1. The molecule has 1 N–H and O–H groups in total. The van der Waals surface area contributed by atoms with E-state index in [1.54, 1.807) is 21.7 Å². The number of aliphatic carboxylic acids is 1. The molecule has 0 radical (unpaired) electrons. The van der Waals surface area contributed by atoms with E-state index in [1.807, 2.05) is 13.8 Å². The van der Waals surface area contributed by atoms with Crippen LogP contribution in [0.25, 0.3) is 5.69 Å². The summed E-state index contributed by atoms with van der Waals surface area (Å²) < 4.78 is 15.0. The van der Waals surface area contributed by atoms with Crippen molar-refractivity contribution in [2.75, 3.05) is 13.1 Å². The molecule has 4 rings (SSSR count). The SMILES string of the molecule is CC(C)C1(C(=O)O)CCN(C(=O)c2nn(-c3ccc(F)cc3)c3c2CCC3)C1. The van der Waals surface area contributed by atoms with E-state index in [-0.39, 0.29) is 24.2 Å². The number of carboxylic acid groups (broad SMARTS) is 1. The van der Waals surface area contributed by atoms with Crippen molar-refractivity contribution in [2.24, 2.45) is 11.3 Å². The number of aromatic nitrogens is 2. The minimum atomic E-state index is -0.904. The van der Waals surface area contributed by atoms with E-state index in [2.05, 4.69) is 5.10 Å². The second-order valence-corrected chi connectivity index (χ2v) is 8.11. The van der Waals surface area contributed by atoms with Gasteiger partial charge in [-0.1, -0.05) is 13.8 Å². The minimum Gasteiger partial charge on any atom is -0.481 e. The van der Waals surface area contributed by atoms with Gasteiger partial charge in [0.15, 0.2) is 5.69 Å². The molecule has 7 heteroatoms. The minimum absolute atomic E-state index is 0.0645. The van der Waals surface area contributed by atoms with Crippen LogP contribution in [-0.4, -0.2) is 44.8 Å². The van der Waals surface area contributed by atoms with Gasteiger partial charge in [-0.05, 0) is 55.9 Å². The maximum atomic E-state index is 13.3. The Kier molecular flexibility index (Phi) is 4.48. The fourth-order valence-corrected chi connectivity index (χ4v) is 4.45. The lowest BCUT2D eigenvalue weighted by molar-refractivity contribution is -0.150. The number of carbonyl (C=O) groups is 2. The monoisotopic (exact) mass is 385 g/mol. The highest BCUT2D eigenvalue weighted by atomic mass is 19.1. The summed E-state index contributed by atoms with van der Waals surface area (Å²) in [6.07, 6.45) is 2.99. The van der Waals surface area contributed by atoms with E-state index in [0.717, 1.165) is 36.2 Å². The third-order valence-electron chi connectivity index (χ3n) is 6.32. The molecule has 0 spiro atoms. The molecule has 1 saturated heterocycles. The summed E-state index contributed by atoms with van der Waals surface area (Å²) in [5, 5.41) is 14.3. The van der Waals surface area contributed by atoms with Crippen LogP contribution in [0.2, 0.25) is 0 Å². The van der Waals surface area contributed by atoms with Crippen molar-refractivity contribution in [3.8, 4) is 5.69 Å². The molecule has 1 fully saturated rings. The van der Waals surface area contributed by atoms with E-state index in [9.17, 15) is 19.1 Å². The first kappa shape index (κ1) is 18.7.